The van der Waals surface area contributed by atoms with Crippen molar-refractivity contribution in [2.24, 2.45) is 0 Å². The van der Waals surface area contributed by atoms with Crippen molar-refractivity contribution in [3.8, 4) is 23.0 Å². The molecule has 1 aliphatic heterocycles. The Kier molecular flexibility index (Phi) is 8.61. The number of para-hydroxylation sites is 1. The van der Waals surface area contributed by atoms with Gasteiger partial charge in [0.2, 0.25) is 16.7 Å². The van der Waals surface area contributed by atoms with E-state index < -0.39 is 23.5 Å². The number of aliphatic hydroxyl groups excluding tert-OH is 1. The molecule has 2 aromatic heterocycles. The first-order chi connectivity index (χ1) is 23.9. The molecule has 248 valence electrons. The number of methoxy groups -OCH3 is 4. The molecule has 49 heavy (non-hydrogen) atoms. The minimum absolute atomic E-state index is 0.0864. The number of ether oxygens (including phenoxy) is 4. The molecule has 0 spiro atoms. The molecule has 1 amide bonds. The molecule has 1 atom stereocenters. The Labute approximate surface area is 288 Å². The Morgan fingerprint density at radius 2 is 1.57 bits per heavy atom. The molecule has 0 fully saturated rings. The van der Waals surface area contributed by atoms with E-state index in [9.17, 15) is 14.7 Å². The lowest BCUT2D eigenvalue weighted by Gasteiger charge is -2.25. The summed E-state index contributed by atoms with van der Waals surface area (Å²) in [6.07, 6.45) is 0. The second kappa shape index (κ2) is 13.2. The first-order valence-corrected chi connectivity index (χ1v) is 16.8. The van der Waals surface area contributed by atoms with Gasteiger partial charge in [0.15, 0.2) is 38.7 Å². The molecule has 4 aromatic carbocycles. The minimum Gasteiger partial charge on any atom is -0.503 e. The van der Waals surface area contributed by atoms with Gasteiger partial charge in [0.1, 0.15) is 0 Å². The summed E-state index contributed by atoms with van der Waals surface area (Å²) < 4.78 is 28.7. The molecule has 3 heterocycles. The van der Waals surface area contributed by atoms with E-state index in [1.165, 1.54) is 56.4 Å². The largest absolute Gasteiger partial charge is 0.503 e. The number of anilines is 1. The van der Waals surface area contributed by atoms with E-state index in [0.29, 0.717) is 49.6 Å². The summed E-state index contributed by atoms with van der Waals surface area (Å²) in [4.78, 5) is 29.5. The number of rotatable bonds is 11. The predicted octanol–water partition coefficient (Wildman–Crippen LogP) is 7.55. The molecule has 0 radical (unpaired) electrons. The third-order valence-electron chi connectivity index (χ3n) is 8.24. The number of Topliss-reactive ketones (excluding diaryl/α,β-unsaturated/α-hetero) is 1. The topological polar surface area (TPSA) is 133 Å². The number of carbonyl (C=O) groups excluding carboxylic acids is 2. The Balaban J connectivity index is 1.30. The molecule has 11 nitrogen and oxygen atoms in total. The third-order valence-corrected chi connectivity index (χ3v) is 10.3. The van der Waals surface area contributed by atoms with E-state index in [1.807, 2.05) is 18.2 Å². The second-order valence-electron chi connectivity index (χ2n) is 10.9. The Hall–Kier alpha value is -5.53. The summed E-state index contributed by atoms with van der Waals surface area (Å²) in [5.74, 6) is -0.395. The fraction of sp³-hybridized carbons (Fsp3) is 0.167. The number of thioether (sulfide) groups is 1. The summed E-state index contributed by atoms with van der Waals surface area (Å²) in [5.41, 5.74) is 1.67. The van der Waals surface area contributed by atoms with Crippen LogP contribution in [0.2, 0.25) is 0 Å². The number of benzene rings is 4. The molecule has 0 saturated heterocycles. The lowest BCUT2D eigenvalue weighted by atomic mass is 9.94. The van der Waals surface area contributed by atoms with Gasteiger partial charge in [-0.3, -0.25) is 14.5 Å². The number of ketones is 1. The van der Waals surface area contributed by atoms with Crippen molar-refractivity contribution in [2.45, 2.75) is 16.1 Å². The van der Waals surface area contributed by atoms with E-state index >= 15 is 0 Å². The number of fused-ring (bicyclic) bond motifs is 2. The molecule has 7 rings (SSSR count). The van der Waals surface area contributed by atoms with Crippen LogP contribution in [0.1, 0.15) is 27.7 Å². The Bertz CT molecular complexity index is 2250. The molecule has 0 aliphatic carbocycles. The van der Waals surface area contributed by atoms with Crippen molar-refractivity contribution < 1.29 is 38.1 Å². The third kappa shape index (κ3) is 5.60. The van der Waals surface area contributed by atoms with Gasteiger partial charge in [-0.05, 0) is 46.2 Å². The highest BCUT2D eigenvalue weighted by molar-refractivity contribution is 8.00. The van der Waals surface area contributed by atoms with Gasteiger partial charge in [-0.15, -0.1) is 10.2 Å². The molecule has 6 aromatic rings. The maximum Gasteiger partial charge on any atom is 0.296 e. The van der Waals surface area contributed by atoms with Gasteiger partial charge < -0.3 is 28.5 Å². The van der Waals surface area contributed by atoms with Gasteiger partial charge in [-0.1, -0.05) is 77.7 Å². The van der Waals surface area contributed by atoms with E-state index in [2.05, 4.69) is 34.5 Å². The van der Waals surface area contributed by atoms with E-state index in [4.69, 9.17) is 23.4 Å². The fourth-order valence-electron chi connectivity index (χ4n) is 5.97. The molecule has 1 aliphatic rings. The van der Waals surface area contributed by atoms with Crippen LogP contribution in [0.15, 0.2) is 99.0 Å². The standard InChI is InChI=1S/C36H29N3O8S2/c1-43-24-14-8-11-20-15-25(47-32(20)24)30(40)28-29(22-16-26(44-2)33(46-4)27(17-22)45-3)39(34(42)31(28)41)35-37-38-36(49-35)48-18-21-12-7-10-19-9-5-6-13-23(19)21/h5-17,29,41H,18H2,1-4H3. The highest BCUT2D eigenvalue weighted by Gasteiger charge is 2.47. The zero-order valence-corrected chi connectivity index (χ0v) is 28.4. The van der Waals surface area contributed by atoms with Gasteiger partial charge in [-0.2, -0.15) is 0 Å². The summed E-state index contributed by atoms with van der Waals surface area (Å²) in [6.45, 7) is 0. The molecule has 13 heteroatoms. The van der Waals surface area contributed by atoms with Crippen molar-refractivity contribution in [3.63, 3.8) is 0 Å². The van der Waals surface area contributed by atoms with Crippen molar-refractivity contribution in [2.75, 3.05) is 33.3 Å². The highest BCUT2D eigenvalue weighted by Crippen LogP contribution is 2.48. The number of aromatic nitrogens is 2. The first kappa shape index (κ1) is 32.0. The van der Waals surface area contributed by atoms with E-state index in [1.54, 1.807) is 36.4 Å². The van der Waals surface area contributed by atoms with Crippen molar-refractivity contribution in [1.29, 1.82) is 0 Å². The zero-order chi connectivity index (χ0) is 34.2. The van der Waals surface area contributed by atoms with Gasteiger partial charge in [0, 0.05) is 11.1 Å². The highest BCUT2D eigenvalue weighted by atomic mass is 32.2. The first-order valence-electron chi connectivity index (χ1n) is 15.0. The summed E-state index contributed by atoms with van der Waals surface area (Å²) in [7, 11) is 5.90. The molecular formula is C36H29N3O8S2. The van der Waals surface area contributed by atoms with Gasteiger partial charge in [-0.25, -0.2) is 0 Å². The smallest absolute Gasteiger partial charge is 0.296 e. The van der Waals surface area contributed by atoms with Crippen LogP contribution in [-0.4, -0.2) is 55.4 Å². The van der Waals surface area contributed by atoms with Crippen molar-refractivity contribution in [1.82, 2.24) is 10.2 Å². The average molecular weight is 696 g/mol. The van der Waals surface area contributed by atoms with Gasteiger partial charge in [0.25, 0.3) is 5.91 Å². The van der Waals surface area contributed by atoms with E-state index in [0.717, 1.165) is 16.3 Å². The van der Waals surface area contributed by atoms with Crippen molar-refractivity contribution in [3.05, 3.63) is 107 Å². The average Bonchev–Trinajstić information content (AvgIpc) is 3.86. The predicted molar refractivity (Wildman–Crippen MR) is 186 cm³/mol. The Morgan fingerprint density at radius 1 is 0.878 bits per heavy atom. The Morgan fingerprint density at radius 3 is 2.31 bits per heavy atom. The molecule has 1 N–H and O–H groups in total. The number of hydrogen-bond acceptors (Lipinski definition) is 12. The zero-order valence-electron chi connectivity index (χ0n) is 26.8. The van der Waals surface area contributed by atoms with Crippen LogP contribution in [0.5, 0.6) is 23.0 Å². The number of amides is 1. The lowest BCUT2D eigenvalue weighted by molar-refractivity contribution is -0.117. The van der Waals surface area contributed by atoms with Gasteiger partial charge in [0.05, 0.1) is 40.1 Å². The minimum atomic E-state index is -1.16. The molecule has 0 bridgehead atoms. The maximum atomic E-state index is 14.3. The van der Waals surface area contributed by atoms with Crippen LogP contribution in [0.3, 0.4) is 0 Å². The number of nitrogens with zero attached hydrogens (tertiary/aromatic N) is 3. The number of hydrogen-bond donors (Lipinski definition) is 1. The lowest BCUT2D eigenvalue weighted by Crippen LogP contribution is -2.31. The monoisotopic (exact) mass is 695 g/mol. The van der Waals surface area contributed by atoms with Crippen LogP contribution in [0, 0.1) is 0 Å². The summed E-state index contributed by atoms with van der Waals surface area (Å²) >= 11 is 2.65. The number of aliphatic hydroxyl groups is 1. The second-order valence-corrected chi connectivity index (χ2v) is 13.1. The maximum absolute atomic E-state index is 14.3. The molecule has 1 unspecified atom stereocenters. The van der Waals surface area contributed by atoms with Crippen LogP contribution in [-0.2, 0) is 10.5 Å². The van der Waals surface area contributed by atoms with Crippen LogP contribution in [0.25, 0.3) is 21.7 Å². The molecular weight excluding hydrogens is 667 g/mol. The number of furan rings is 1. The SMILES string of the molecule is COc1cc(C2C(C(=O)c3cc4cccc(OC)c4o3)=C(O)C(=O)N2c2nnc(SCc3cccc4ccccc34)s2)cc(OC)c1OC. The summed E-state index contributed by atoms with van der Waals surface area (Å²) in [6, 6.07) is 23.2. The quantitative estimate of drug-likeness (QED) is 0.0818. The normalized spacial score (nSPS) is 14.6. The molecule has 0 saturated carbocycles. The fourth-order valence-corrected chi connectivity index (χ4v) is 7.84. The van der Waals surface area contributed by atoms with E-state index in [-0.39, 0.29) is 16.5 Å². The van der Waals surface area contributed by atoms with Gasteiger partial charge >= 0.3 is 0 Å². The summed E-state index contributed by atoms with van der Waals surface area (Å²) in [5, 5.41) is 23.2. The van der Waals surface area contributed by atoms with Crippen LogP contribution in [0.4, 0.5) is 5.13 Å². The van der Waals surface area contributed by atoms with Crippen molar-refractivity contribution >= 4 is 61.7 Å². The van der Waals surface area contributed by atoms with Crippen LogP contribution >= 0.6 is 23.1 Å². The number of carbonyl (C=O) groups is 2. The van der Waals surface area contributed by atoms with Crippen LogP contribution < -0.4 is 23.8 Å².